The third-order valence-electron chi connectivity index (χ3n) is 3.73. The lowest BCUT2D eigenvalue weighted by atomic mass is 9.89. The van der Waals surface area contributed by atoms with Gasteiger partial charge in [0.25, 0.3) is 0 Å². The van der Waals surface area contributed by atoms with E-state index in [-0.39, 0.29) is 5.92 Å². The minimum Gasteiger partial charge on any atom is -0.465 e. The van der Waals surface area contributed by atoms with E-state index in [1.165, 1.54) is 11.1 Å². The monoisotopic (exact) mass is 281 g/mol. The van der Waals surface area contributed by atoms with Crippen LogP contribution in [-0.2, 0) is 0 Å². The van der Waals surface area contributed by atoms with Crippen LogP contribution in [0.5, 0.6) is 5.75 Å². The van der Waals surface area contributed by atoms with Crippen molar-refractivity contribution < 1.29 is 4.74 Å². The number of hydrogen-bond acceptors (Lipinski definition) is 1. The van der Waals surface area contributed by atoms with Crippen molar-refractivity contribution in [3.05, 3.63) is 77.1 Å². The third-order valence-corrected chi connectivity index (χ3v) is 3.97. The van der Waals surface area contributed by atoms with Gasteiger partial charge in [-0.25, -0.2) is 0 Å². The molecular formula is C17H12ClNO. The number of hydrogen-bond donors (Lipinski definition) is 1. The van der Waals surface area contributed by atoms with Gasteiger partial charge in [0.15, 0.2) is 0 Å². The van der Waals surface area contributed by atoms with Crippen LogP contribution in [0.1, 0.15) is 17.0 Å². The minimum atomic E-state index is 0.187. The molecule has 98 valence electrons. The van der Waals surface area contributed by atoms with Crippen molar-refractivity contribution >= 4 is 22.5 Å². The molecule has 0 saturated heterocycles. The summed E-state index contributed by atoms with van der Waals surface area (Å²) in [6.45, 7) is 0. The summed E-state index contributed by atoms with van der Waals surface area (Å²) in [6, 6.07) is 14.0. The van der Waals surface area contributed by atoms with Crippen LogP contribution >= 0.6 is 11.6 Å². The Labute approximate surface area is 121 Å². The highest BCUT2D eigenvalue weighted by Gasteiger charge is 2.21. The number of nitrogens with one attached hydrogen (secondary N) is 1. The molecule has 0 aliphatic carbocycles. The quantitative estimate of drug-likeness (QED) is 0.677. The van der Waals surface area contributed by atoms with Crippen molar-refractivity contribution in [2.24, 2.45) is 0 Å². The average Bonchev–Trinajstić information content (AvgIpc) is 2.89. The Morgan fingerprint density at radius 1 is 1.05 bits per heavy atom. The zero-order valence-corrected chi connectivity index (χ0v) is 11.4. The van der Waals surface area contributed by atoms with Gasteiger partial charge in [0.1, 0.15) is 5.75 Å². The van der Waals surface area contributed by atoms with Crippen molar-refractivity contribution in [2.45, 2.75) is 5.92 Å². The Balaban J connectivity index is 1.93. The van der Waals surface area contributed by atoms with E-state index in [0.717, 1.165) is 21.7 Å². The summed E-state index contributed by atoms with van der Waals surface area (Å²) in [5.74, 6) is 1.10. The van der Waals surface area contributed by atoms with Crippen molar-refractivity contribution in [1.29, 1.82) is 0 Å². The summed E-state index contributed by atoms with van der Waals surface area (Å²) in [4.78, 5) is 3.31. The molecule has 1 atom stereocenters. The first-order valence-corrected chi connectivity index (χ1v) is 6.89. The fourth-order valence-corrected chi connectivity index (χ4v) is 2.95. The lowest BCUT2D eigenvalue weighted by Crippen LogP contribution is -2.04. The number of para-hydroxylation sites is 1. The molecule has 20 heavy (non-hydrogen) atoms. The van der Waals surface area contributed by atoms with Gasteiger partial charge >= 0.3 is 0 Å². The third kappa shape index (κ3) is 1.73. The van der Waals surface area contributed by atoms with E-state index in [1.807, 2.05) is 36.4 Å². The van der Waals surface area contributed by atoms with E-state index < -0.39 is 0 Å². The van der Waals surface area contributed by atoms with Crippen LogP contribution < -0.4 is 4.74 Å². The zero-order chi connectivity index (χ0) is 13.5. The smallest absolute Gasteiger partial charge is 0.130 e. The maximum Gasteiger partial charge on any atom is 0.130 e. The van der Waals surface area contributed by atoms with Gasteiger partial charge in [-0.3, -0.25) is 0 Å². The molecule has 1 N–H and O–H groups in total. The van der Waals surface area contributed by atoms with Crippen molar-refractivity contribution in [3.63, 3.8) is 0 Å². The van der Waals surface area contributed by atoms with E-state index in [4.69, 9.17) is 16.3 Å². The summed E-state index contributed by atoms with van der Waals surface area (Å²) in [5.41, 5.74) is 3.49. The molecule has 4 rings (SSSR count). The Bertz CT molecular complexity index is 819. The molecule has 1 unspecified atom stereocenters. The number of benzene rings is 2. The van der Waals surface area contributed by atoms with Crippen LogP contribution in [0.15, 0.2) is 61.0 Å². The fourth-order valence-electron chi connectivity index (χ4n) is 2.78. The number of aromatic nitrogens is 1. The number of halogens is 1. The second-order valence-electron chi connectivity index (χ2n) is 4.90. The van der Waals surface area contributed by atoms with Crippen LogP contribution in [-0.4, -0.2) is 4.98 Å². The summed E-state index contributed by atoms with van der Waals surface area (Å²) in [5, 5.41) is 1.91. The van der Waals surface area contributed by atoms with Crippen LogP contribution in [0.2, 0.25) is 5.02 Å². The topological polar surface area (TPSA) is 25.0 Å². The molecule has 0 fully saturated rings. The van der Waals surface area contributed by atoms with Crippen molar-refractivity contribution in [2.75, 3.05) is 0 Å². The molecule has 0 radical (unpaired) electrons. The van der Waals surface area contributed by atoms with Gasteiger partial charge in [-0.1, -0.05) is 29.8 Å². The lowest BCUT2D eigenvalue weighted by molar-refractivity contribution is 0.459. The summed E-state index contributed by atoms with van der Waals surface area (Å²) in [6.07, 6.45) is 5.89. The molecule has 0 bridgehead atoms. The van der Waals surface area contributed by atoms with Gasteiger partial charge < -0.3 is 9.72 Å². The van der Waals surface area contributed by atoms with Gasteiger partial charge in [-0.05, 0) is 35.9 Å². The zero-order valence-electron chi connectivity index (χ0n) is 10.6. The first kappa shape index (κ1) is 11.6. The van der Waals surface area contributed by atoms with Gasteiger partial charge in [0, 0.05) is 33.6 Å². The molecule has 3 aromatic rings. The number of H-pyrrole nitrogens is 1. The van der Waals surface area contributed by atoms with Crippen LogP contribution in [0.25, 0.3) is 10.9 Å². The van der Waals surface area contributed by atoms with E-state index >= 15 is 0 Å². The summed E-state index contributed by atoms with van der Waals surface area (Å²) in [7, 11) is 0. The van der Waals surface area contributed by atoms with Crippen LogP contribution in [0.4, 0.5) is 0 Å². The molecule has 2 nitrogen and oxygen atoms in total. The number of allylic oxidation sites excluding steroid dienone is 1. The molecule has 0 amide bonds. The molecule has 0 spiro atoms. The second-order valence-corrected chi connectivity index (χ2v) is 5.33. The van der Waals surface area contributed by atoms with E-state index in [0.29, 0.717) is 0 Å². The standard InChI is InChI=1S/C17H12ClNO/c18-11-5-6-16-14(9-11)15(10-19-16)12-7-8-20-17-4-2-1-3-13(12)17/h1-10,12,19H. The first-order valence-electron chi connectivity index (χ1n) is 6.52. The van der Waals surface area contributed by atoms with Crippen molar-refractivity contribution in [3.8, 4) is 5.75 Å². The normalized spacial score (nSPS) is 16.9. The Morgan fingerprint density at radius 3 is 2.90 bits per heavy atom. The Hall–Kier alpha value is -2.19. The molecule has 1 aromatic heterocycles. The maximum atomic E-state index is 6.13. The van der Waals surface area contributed by atoms with Gasteiger partial charge in [0.05, 0.1) is 6.26 Å². The van der Waals surface area contributed by atoms with Gasteiger partial charge in [-0.2, -0.15) is 0 Å². The largest absolute Gasteiger partial charge is 0.465 e. The Kier molecular flexibility index (Phi) is 2.57. The number of aromatic amines is 1. The molecular weight excluding hydrogens is 270 g/mol. The highest BCUT2D eigenvalue weighted by Crippen LogP contribution is 2.39. The highest BCUT2D eigenvalue weighted by molar-refractivity contribution is 6.31. The fraction of sp³-hybridized carbons (Fsp3) is 0.0588. The molecule has 0 saturated carbocycles. The minimum absolute atomic E-state index is 0.187. The average molecular weight is 282 g/mol. The van der Waals surface area contributed by atoms with Gasteiger partial charge in [0.2, 0.25) is 0 Å². The highest BCUT2D eigenvalue weighted by atomic mass is 35.5. The number of fused-ring (bicyclic) bond motifs is 2. The molecule has 3 heteroatoms. The van der Waals surface area contributed by atoms with Crippen molar-refractivity contribution in [1.82, 2.24) is 4.98 Å². The SMILES string of the molecule is Clc1ccc2[nH]cc(C3C=COc4ccccc43)c2c1. The predicted molar refractivity (Wildman–Crippen MR) is 81.4 cm³/mol. The van der Waals surface area contributed by atoms with Crippen LogP contribution in [0, 0.1) is 0 Å². The summed E-state index contributed by atoms with van der Waals surface area (Å²) < 4.78 is 5.57. The predicted octanol–water partition coefficient (Wildman–Crippen LogP) is 4.86. The lowest BCUT2D eigenvalue weighted by Gasteiger charge is -2.20. The number of ether oxygens (including phenoxy) is 1. The Morgan fingerprint density at radius 2 is 1.95 bits per heavy atom. The number of rotatable bonds is 1. The van der Waals surface area contributed by atoms with E-state index in [2.05, 4.69) is 23.3 Å². The summed E-state index contributed by atoms with van der Waals surface area (Å²) >= 11 is 6.13. The van der Waals surface area contributed by atoms with Crippen LogP contribution in [0.3, 0.4) is 0 Å². The molecule has 1 aliphatic heterocycles. The van der Waals surface area contributed by atoms with E-state index in [9.17, 15) is 0 Å². The molecule has 2 heterocycles. The first-order chi connectivity index (χ1) is 9.83. The maximum absolute atomic E-state index is 6.13. The molecule has 1 aliphatic rings. The van der Waals surface area contributed by atoms with Gasteiger partial charge in [-0.15, -0.1) is 0 Å². The molecule has 2 aromatic carbocycles. The second kappa shape index (κ2) is 4.43. The van der Waals surface area contributed by atoms with E-state index in [1.54, 1.807) is 6.26 Å².